The molecule has 2 aromatic carbocycles. The van der Waals surface area contributed by atoms with Crippen molar-refractivity contribution in [1.82, 2.24) is 4.90 Å². The van der Waals surface area contributed by atoms with Crippen molar-refractivity contribution in [2.45, 2.75) is 30.8 Å². The number of halogens is 2. The second-order valence-electron chi connectivity index (χ2n) is 7.18. The molecule has 0 aliphatic carbocycles. The van der Waals surface area contributed by atoms with Crippen molar-refractivity contribution in [3.63, 3.8) is 0 Å². The number of aliphatic carboxylic acids is 1. The number of carboxylic acids is 1. The van der Waals surface area contributed by atoms with Crippen LogP contribution in [-0.4, -0.2) is 57.0 Å². The summed E-state index contributed by atoms with van der Waals surface area (Å²) in [7, 11) is -2.01. The molecule has 2 aromatic rings. The van der Waals surface area contributed by atoms with Crippen LogP contribution < -0.4 is 4.90 Å². The van der Waals surface area contributed by atoms with Gasteiger partial charge in [-0.25, -0.2) is 4.39 Å². The molecule has 1 aliphatic rings. The van der Waals surface area contributed by atoms with Gasteiger partial charge in [-0.3, -0.25) is 13.8 Å². The van der Waals surface area contributed by atoms with E-state index in [-0.39, 0.29) is 28.4 Å². The summed E-state index contributed by atoms with van der Waals surface area (Å²) < 4.78 is 26.3. The zero-order chi connectivity index (χ0) is 22.0. The lowest BCUT2D eigenvalue weighted by atomic mass is 10.0. The van der Waals surface area contributed by atoms with E-state index in [1.54, 1.807) is 11.0 Å². The fraction of sp³-hybridized carbons (Fsp3) is 0.333. The molecule has 0 aromatic heterocycles. The summed E-state index contributed by atoms with van der Waals surface area (Å²) in [5.41, 5.74) is 1.11. The van der Waals surface area contributed by atoms with E-state index in [2.05, 4.69) is 4.90 Å². The molecule has 1 heterocycles. The molecule has 9 heteroatoms. The number of nitrogens with zero attached hydrogens (tertiary/aromatic N) is 2. The predicted octanol–water partition coefficient (Wildman–Crippen LogP) is 3.41. The molecule has 1 N–H and O–H groups in total. The van der Waals surface area contributed by atoms with Gasteiger partial charge < -0.3 is 14.9 Å². The molecule has 6 nitrogen and oxygen atoms in total. The molecule has 30 heavy (non-hydrogen) atoms. The van der Waals surface area contributed by atoms with Gasteiger partial charge in [0.15, 0.2) is 0 Å². The molecule has 1 aliphatic heterocycles. The van der Waals surface area contributed by atoms with Crippen LogP contribution in [0, 0.1) is 5.82 Å². The third kappa shape index (κ3) is 4.65. The average Bonchev–Trinajstić information content (AvgIpc) is 2.68. The Hall–Kier alpha value is -2.45. The number of piperazine rings is 1. The number of anilines is 1. The molecule has 1 amide bonds. The molecule has 0 spiro atoms. The smallest absolute Gasteiger partial charge is 0.316 e. The standard InChI is InChI=1S/C21H22ClFN2O4S/c1-13-14(2)25(9-8-24(13)17-5-3-4-16(22)11-17)21(28)15-6-7-19(18(23)10-15)30(29)12-20(26)27/h3-7,10-11,13-14H,8-9,12H2,1-2H3,(H,26,27)/t13-,14-,30?/m0/s1. The van der Waals surface area contributed by atoms with Gasteiger partial charge in [0.25, 0.3) is 5.91 Å². The van der Waals surface area contributed by atoms with Crippen molar-refractivity contribution in [1.29, 1.82) is 0 Å². The fourth-order valence-corrected chi connectivity index (χ4v) is 4.68. The number of carboxylic acid groups (broad SMARTS) is 1. The van der Waals surface area contributed by atoms with Crippen LogP contribution in [0.15, 0.2) is 47.4 Å². The SMILES string of the molecule is C[C@H]1[C@H](C)N(c2cccc(Cl)c2)CCN1C(=O)c1ccc(S(=O)CC(=O)O)c(F)c1. The van der Waals surface area contributed by atoms with E-state index in [9.17, 15) is 18.2 Å². The van der Waals surface area contributed by atoms with E-state index in [0.29, 0.717) is 18.1 Å². The summed E-state index contributed by atoms with van der Waals surface area (Å²) in [5, 5.41) is 9.37. The zero-order valence-electron chi connectivity index (χ0n) is 16.5. The molecule has 3 rings (SSSR count). The Labute approximate surface area is 181 Å². The lowest BCUT2D eigenvalue weighted by Gasteiger charge is -2.46. The lowest BCUT2D eigenvalue weighted by Crippen LogP contribution is -2.59. The quantitative estimate of drug-likeness (QED) is 0.752. The maximum atomic E-state index is 14.4. The van der Waals surface area contributed by atoms with E-state index < -0.39 is 28.3 Å². The minimum Gasteiger partial charge on any atom is -0.481 e. The number of carbonyl (C=O) groups is 2. The first-order valence-electron chi connectivity index (χ1n) is 9.42. The van der Waals surface area contributed by atoms with Gasteiger partial charge in [-0.15, -0.1) is 0 Å². The molecule has 0 saturated carbocycles. The number of hydrogen-bond donors (Lipinski definition) is 1. The monoisotopic (exact) mass is 452 g/mol. The Kier molecular flexibility index (Phi) is 6.77. The van der Waals surface area contributed by atoms with Gasteiger partial charge in [-0.2, -0.15) is 0 Å². The van der Waals surface area contributed by atoms with E-state index in [1.807, 2.05) is 32.0 Å². The normalized spacial score (nSPS) is 20.1. The Morgan fingerprint density at radius 1 is 1.17 bits per heavy atom. The molecular formula is C21H22ClFN2O4S. The maximum Gasteiger partial charge on any atom is 0.316 e. The third-order valence-electron chi connectivity index (χ3n) is 5.34. The summed E-state index contributed by atoms with van der Waals surface area (Å²) in [6.45, 7) is 5.00. The Balaban J connectivity index is 1.77. The Morgan fingerprint density at radius 2 is 1.90 bits per heavy atom. The second-order valence-corrected chi connectivity index (χ2v) is 9.04. The topological polar surface area (TPSA) is 77.9 Å². The molecule has 1 unspecified atom stereocenters. The van der Waals surface area contributed by atoms with Gasteiger partial charge in [0, 0.05) is 41.4 Å². The summed E-state index contributed by atoms with van der Waals surface area (Å²) >= 11 is 6.10. The highest BCUT2D eigenvalue weighted by Gasteiger charge is 2.34. The summed E-state index contributed by atoms with van der Waals surface area (Å²) in [5.74, 6) is -3.15. The number of hydrogen-bond acceptors (Lipinski definition) is 4. The first kappa shape index (κ1) is 22.2. The highest BCUT2D eigenvalue weighted by atomic mass is 35.5. The molecule has 3 atom stereocenters. The summed E-state index contributed by atoms with van der Waals surface area (Å²) in [4.78, 5) is 27.4. The number of amides is 1. The van der Waals surface area contributed by atoms with Gasteiger partial charge in [-0.1, -0.05) is 17.7 Å². The van der Waals surface area contributed by atoms with Crippen LogP contribution in [0.4, 0.5) is 10.1 Å². The largest absolute Gasteiger partial charge is 0.481 e. The van der Waals surface area contributed by atoms with Crippen LogP contribution in [0.3, 0.4) is 0 Å². The van der Waals surface area contributed by atoms with E-state index in [4.69, 9.17) is 16.7 Å². The van der Waals surface area contributed by atoms with Crippen molar-refractivity contribution in [3.05, 3.63) is 58.9 Å². The van der Waals surface area contributed by atoms with Crippen molar-refractivity contribution in [3.8, 4) is 0 Å². The lowest BCUT2D eigenvalue weighted by molar-refractivity contribution is -0.133. The van der Waals surface area contributed by atoms with E-state index >= 15 is 0 Å². The minimum atomic E-state index is -2.01. The van der Waals surface area contributed by atoms with E-state index in [1.165, 1.54) is 12.1 Å². The molecule has 1 saturated heterocycles. The fourth-order valence-electron chi connectivity index (χ4n) is 3.62. The number of benzene rings is 2. The van der Waals surface area contributed by atoms with Gasteiger partial charge in [-0.05, 0) is 50.2 Å². The molecule has 0 bridgehead atoms. The highest BCUT2D eigenvalue weighted by molar-refractivity contribution is 7.85. The highest BCUT2D eigenvalue weighted by Crippen LogP contribution is 2.28. The van der Waals surface area contributed by atoms with Gasteiger partial charge in [0.05, 0.1) is 15.7 Å². The van der Waals surface area contributed by atoms with Crippen LogP contribution in [0.25, 0.3) is 0 Å². The molecule has 160 valence electrons. The Morgan fingerprint density at radius 3 is 2.53 bits per heavy atom. The van der Waals surface area contributed by atoms with E-state index in [0.717, 1.165) is 11.8 Å². The van der Waals surface area contributed by atoms with Crippen LogP contribution in [0.1, 0.15) is 24.2 Å². The van der Waals surface area contributed by atoms with Gasteiger partial charge >= 0.3 is 5.97 Å². The zero-order valence-corrected chi connectivity index (χ0v) is 18.1. The molecule has 1 fully saturated rings. The van der Waals surface area contributed by atoms with Crippen LogP contribution in [0.2, 0.25) is 5.02 Å². The van der Waals surface area contributed by atoms with Gasteiger partial charge in [0.2, 0.25) is 0 Å². The summed E-state index contributed by atoms with van der Waals surface area (Å²) in [6.07, 6.45) is 0. The van der Waals surface area contributed by atoms with Crippen molar-refractivity contribution in [2.24, 2.45) is 0 Å². The van der Waals surface area contributed by atoms with Gasteiger partial charge in [0.1, 0.15) is 11.6 Å². The third-order valence-corrected chi connectivity index (χ3v) is 6.91. The molecule has 0 radical (unpaired) electrons. The van der Waals surface area contributed by atoms with Crippen molar-refractivity contribution < 1.29 is 23.3 Å². The number of rotatable bonds is 5. The number of carbonyl (C=O) groups excluding carboxylic acids is 1. The Bertz CT molecular complexity index is 1000. The summed E-state index contributed by atoms with van der Waals surface area (Å²) in [6, 6.07) is 11.0. The average molecular weight is 453 g/mol. The van der Waals surface area contributed by atoms with Crippen molar-refractivity contribution >= 4 is 40.0 Å². The van der Waals surface area contributed by atoms with Crippen molar-refractivity contribution in [2.75, 3.05) is 23.7 Å². The minimum absolute atomic E-state index is 0.00774. The van der Waals surface area contributed by atoms with Crippen LogP contribution >= 0.6 is 11.6 Å². The van der Waals surface area contributed by atoms with Crippen LogP contribution in [0.5, 0.6) is 0 Å². The predicted molar refractivity (Wildman–Crippen MR) is 114 cm³/mol. The first-order chi connectivity index (χ1) is 14.2. The molecular weight excluding hydrogens is 431 g/mol. The van der Waals surface area contributed by atoms with Crippen LogP contribution in [-0.2, 0) is 15.6 Å². The second kappa shape index (κ2) is 9.14. The first-order valence-corrected chi connectivity index (χ1v) is 11.1. The maximum absolute atomic E-state index is 14.4.